The van der Waals surface area contributed by atoms with Gasteiger partial charge in [0.15, 0.2) is 5.69 Å². The summed E-state index contributed by atoms with van der Waals surface area (Å²) in [5, 5.41) is 9.50. The Balaban J connectivity index is 2.11. The molecular formula is C20H25N3O5. The summed E-state index contributed by atoms with van der Waals surface area (Å²) in [7, 11) is 4.68. The van der Waals surface area contributed by atoms with Crippen molar-refractivity contribution < 1.29 is 19.4 Å². The number of hydrogen-bond acceptors (Lipinski definition) is 6. The molecular weight excluding hydrogens is 362 g/mol. The smallest absolute Gasteiger partial charge is 0.358 e. The molecule has 1 saturated heterocycles. The van der Waals surface area contributed by atoms with E-state index in [0.717, 1.165) is 18.4 Å². The van der Waals surface area contributed by atoms with E-state index in [1.165, 1.54) is 11.7 Å². The third-order valence-electron chi connectivity index (χ3n) is 5.22. The van der Waals surface area contributed by atoms with Gasteiger partial charge in [-0.25, -0.2) is 9.78 Å². The third kappa shape index (κ3) is 3.73. The van der Waals surface area contributed by atoms with Crippen LogP contribution in [-0.4, -0.2) is 48.0 Å². The zero-order chi connectivity index (χ0) is 20.3. The number of hydrogen-bond donors (Lipinski definition) is 1. The molecule has 1 unspecified atom stereocenters. The molecule has 1 fully saturated rings. The van der Waals surface area contributed by atoms with Crippen molar-refractivity contribution in [1.82, 2.24) is 9.55 Å². The predicted molar refractivity (Wildman–Crippen MR) is 104 cm³/mol. The van der Waals surface area contributed by atoms with E-state index >= 15 is 0 Å². The van der Waals surface area contributed by atoms with Crippen LogP contribution in [0, 0.1) is 5.92 Å². The van der Waals surface area contributed by atoms with Crippen LogP contribution < -0.4 is 15.2 Å². The van der Waals surface area contributed by atoms with E-state index in [0.29, 0.717) is 13.2 Å². The normalized spacial score (nSPS) is 15.8. The highest BCUT2D eigenvalue weighted by Crippen LogP contribution is 2.36. The Hall–Kier alpha value is -2.87. The molecule has 0 bridgehead atoms. The molecule has 3 rings (SSSR count). The van der Waals surface area contributed by atoms with Crippen molar-refractivity contribution in [2.45, 2.75) is 18.9 Å². The number of ether oxygens (including phenoxy) is 2. The van der Waals surface area contributed by atoms with Crippen LogP contribution in [0.15, 0.2) is 35.1 Å². The summed E-state index contributed by atoms with van der Waals surface area (Å²) in [4.78, 5) is 30.5. The van der Waals surface area contributed by atoms with Gasteiger partial charge in [-0.15, -0.1) is 0 Å². The third-order valence-corrected chi connectivity index (χ3v) is 5.22. The Morgan fingerprint density at radius 3 is 2.54 bits per heavy atom. The van der Waals surface area contributed by atoms with Crippen LogP contribution >= 0.6 is 0 Å². The molecule has 8 heteroatoms. The molecule has 1 aliphatic heterocycles. The Morgan fingerprint density at radius 2 is 1.96 bits per heavy atom. The second-order valence-corrected chi connectivity index (χ2v) is 6.88. The van der Waals surface area contributed by atoms with E-state index in [4.69, 9.17) is 9.47 Å². The van der Waals surface area contributed by atoms with Gasteiger partial charge in [-0.3, -0.25) is 9.36 Å². The summed E-state index contributed by atoms with van der Waals surface area (Å²) in [6.45, 7) is 1.36. The molecule has 1 aromatic carbocycles. The van der Waals surface area contributed by atoms with E-state index in [-0.39, 0.29) is 29.4 Å². The number of carboxylic acid groups (broad SMARTS) is 1. The average Bonchev–Trinajstić information content (AvgIpc) is 2.71. The monoisotopic (exact) mass is 387 g/mol. The fraction of sp³-hybridized carbons (Fsp3) is 0.450. The molecule has 1 N–H and O–H groups in total. The molecule has 1 atom stereocenters. The van der Waals surface area contributed by atoms with Gasteiger partial charge in [0, 0.05) is 27.3 Å². The maximum absolute atomic E-state index is 12.7. The van der Waals surface area contributed by atoms with Crippen LogP contribution in [0.25, 0.3) is 0 Å². The molecule has 150 valence electrons. The van der Waals surface area contributed by atoms with E-state index in [1.807, 2.05) is 42.3 Å². The van der Waals surface area contributed by atoms with Crippen LogP contribution in [0.1, 0.15) is 34.9 Å². The lowest BCUT2D eigenvalue weighted by Gasteiger charge is -2.38. The second-order valence-electron chi connectivity index (χ2n) is 6.88. The molecule has 8 nitrogen and oxygen atoms in total. The van der Waals surface area contributed by atoms with Crippen molar-refractivity contribution in [2.24, 2.45) is 13.0 Å². The fourth-order valence-corrected chi connectivity index (χ4v) is 3.83. The van der Waals surface area contributed by atoms with Crippen molar-refractivity contribution in [3.05, 3.63) is 51.9 Å². The van der Waals surface area contributed by atoms with Crippen molar-refractivity contribution >= 4 is 11.9 Å². The maximum Gasteiger partial charge on any atom is 0.358 e. The van der Waals surface area contributed by atoms with Crippen LogP contribution in [0.5, 0.6) is 5.75 Å². The van der Waals surface area contributed by atoms with Gasteiger partial charge < -0.3 is 19.5 Å². The minimum atomic E-state index is -1.30. The summed E-state index contributed by atoms with van der Waals surface area (Å²) < 4.78 is 11.8. The number of carboxylic acids is 1. The zero-order valence-electron chi connectivity index (χ0n) is 16.3. The number of aromatic nitrogens is 2. The molecule has 1 aromatic heterocycles. The average molecular weight is 387 g/mol. The highest BCUT2D eigenvalue weighted by molar-refractivity contribution is 5.88. The summed E-state index contributed by atoms with van der Waals surface area (Å²) >= 11 is 0. The van der Waals surface area contributed by atoms with Crippen LogP contribution in [-0.2, 0) is 11.8 Å². The fourth-order valence-electron chi connectivity index (χ4n) is 3.83. The Bertz CT molecular complexity index is 891. The lowest BCUT2D eigenvalue weighted by Crippen LogP contribution is -2.38. The lowest BCUT2D eigenvalue weighted by molar-refractivity contribution is 0.0576. The zero-order valence-corrected chi connectivity index (χ0v) is 16.3. The van der Waals surface area contributed by atoms with Gasteiger partial charge in [-0.05, 0) is 24.3 Å². The largest absolute Gasteiger partial charge is 0.489 e. The second kappa shape index (κ2) is 8.43. The van der Waals surface area contributed by atoms with Crippen LogP contribution in [0.3, 0.4) is 0 Å². The minimum Gasteiger partial charge on any atom is -0.489 e. The van der Waals surface area contributed by atoms with Crippen molar-refractivity contribution in [3.63, 3.8) is 0 Å². The lowest BCUT2D eigenvalue weighted by atomic mass is 9.86. The minimum absolute atomic E-state index is 0.0711. The topological polar surface area (TPSA) is 93.9 Å². The Kier molecular flexibility index (Phi) is 5.99. The number of aromatic carboxylic acids is 1. The quantitative estimate of drug-likeness (QED) is 0.811. The first-order chi connectivity index (χ1) is 13.5. The number of carbonyl (C=O) groups is 1. The van der Waals surface area contributed by atoms with Crippen LogP contribution in [0.2, 0.25) is 0 Å². The predicted octanol–water partition coefficient (Wildman–Crippen LogP) is 2.09. The standard InChI is InChI=1S/C20H25N3O5/c1-22(20-21-15(19(25)26)17(27-3)18(24)23(20)2)16(13-7-5-4-6-8-13)14-9-11-28-12-10-14/h4-8,14,16H,9-12H2,1-3H3,(H,25,26). The summed E-state index contributed by atoms with van der Waals surface area (Å²) in [6, 6.07) is 9.90. The maximum atomic E-state index is 12.7. The molecule has 0 spiro atoms. The van der Waals surface area contributed by atoms with Gasteiger partial charge >= 0.3 is 5.97 Å². The Labute approximate surface area is 163 Å². The summed E-state index contributed by atoms with van der Waals surface area (Å²) in [5.74, 6) is -1.00. The molecule has 0 aliphatic carbocycles. The van der Waals surface area contributed by atoms with Crippen LogP contribution in [0.4, 0.5) is 5.95 Å². The first kappa shape index (κ1) is 19.9. The first-order valence-electron chi connectivity index (χ1n) is 9.19. The van der Waals surface area contributed by atoms with Crippen molar-refractivity contribution in [3.8, 4) is 5.75 Å². The van der Waals surface area contributed by atoms with Gasteiger partial charge in [-0.2, -0.15) is 0 Å². The van der Waals surface area contributed by atoms with Crippen molar-refractivity contribution in [1.29, 1.82) is 0 Å². The number of benzene rings is 1. The van der Waals surface area contributed by atoms with E-state index in [2.05, 4.69) is 4.98 Å². The van der Waals surface area contributed by atoms with Gasteiger partial charge in [0.05, 0.1) is 13.2 Å². The van der Waals surface area contributed by atoms with Gasteiger partial charge in [0.2, 0.25) is 11.7 Å². The molecule has 2 heterocycles. The molecule has 0 radical (unpaired) electrons. The highest BCUT2D eigenvalue weighted by atomic mass is 16.5. The number of rotatable bonds is 6. The van der Waals surface area contributed by atoms with E-state index < -0.39 is 11.5 Å². The highest BCUT2D eigenvalue weighted by Gasteiger charge is 2.32. The van der Waals surface area contributed by atoms with Crippen molar-refractivity contribution in [2.75, 3.05) is 32.3 Å². The summed E-state index contributed by atoms with van der Waals surface area (Å²) in [5.41, 5.74) is 0.167. The van der Waals surface area contributed by atoms with E-state index in [9.17, 15) is 14.7 Å². The SMILES string of the molecule is COc1c(C(=O)O)nc(N(C)C(c2ccccc2)C2CCOCC2)n(C)c1=O. The van der Waals surface area contributed by atoms with Gasteiger partial charge in [-0.1, -0.05) is 30.3 Å². The molecule has 0 saturated carbocycles. The first-order valence-corrected chi connectivity index (χ1v) is 9.19. The van der Waals surface area contributed by atoms with Gasteiger partial charge in [0.1, 0.15) is 0 Å². The number of methoxy groups -OCH3 is 1. The number of nitrogens with zero attached hydrogens (tertiary/aromatic N) is 3. The number of anilines is 1. The molecule has 28 heavy (non-hydrogen) atoms. The van der Waals surface area contributed by atoms with E-state index in [1.54, 1.807) is 7.05 Å². The summed E-state index contributed by atoms with van der Waals surface area (Å²) in [6.07, 6.45) is 1.75. The molecule has 0 amide bonds. The Morgan fingerprint density at radius 1 is 1.32 bits per heavy atom. The molecule has 1 aliphatic rings. The van der Waals surface area contributed by atoms with Gasteiger partial charge in [0.25, 0.3) is 5.56 Å². The molecule has 2 aromatic rings.